The van der Waals surface area contributed by atoms with E-state index in [2.05, 4.69) is 12.7 Å². The van der Waals surface area contributed by atoms with Crippen molar-refractivity contribution in [2.75, 3.05) is 0 Å². The van der Waals surface area contributed by atoms with Gasteiger partial charge in [-0.1, -0.05) is 0 Å². The van der Waals surface area contributed by atoms with E-state index >= 15 is 0 Å². The van der Waals surface area contributed by atoms with Crippen LogP contribution in [0.4, 0.5) is 0 Å². The first kappa shape index (κ1) is 12.9. The summed E-state index contributed by atoms with van der Waals surface area (Å²) in [6.07, 6.45) is 3.07. The maximum absolute atomic E-state index is 10.9. The summed E-state index contributed by atoms with van der Waals surface area (Å²) in [5.41, 5.74) is 0. The van der Waals surface area contributed by atoms with E-state index in [1.54, 1.807) is 13.0 Å². The molecule has 2 nitrogen and oxygen atoms in total. The molecule has 0 N–H and O–H groups in total. The van der Waals surface area contributed by atoms with Crippen molar-refractivity contribution in [1.82, 2.24) is 0 Å². The summed E-state index contributed by atoms with van der Waals surface area (Å²) in [4.78, 5) is 0.167. The number of hydrogen-bond acceptors (Lipinski definition) is 2. The summed E-state index contributed by atoms with van der Waals surface area (Å²) < 4.78 is 22.7. The molecule has 0 aromatic heterocycles. The summed E-state index contributed by atoms with van der Waals surface area (Å²) >= 11 is 3.08. The van der Waals surface area contributed by atoms with Crippen LogP contribution in [0.25, 0.3) is 0 Å². The van der Waals surface area contributed by atoms with Crippen LogP contribution >= 0.6 is 23.4 Å². The minimum absolute atomic E-state index is 0.167. The minimum atomic E-state index is -3.57. The average Bonchev–Trinajstić information content (AvgIpc) is 1.97. The molecule has 0 saturated carbocycles. The van der Waals surface area contributed by atoms with Crippen LogP contribution < -0.4 is 19.0 Å². The van der Waals surface area contributed by atoms with Crippen molar-refractivity contribution in [3.63, 3.8) is 0 Å². The molecule has 0 bridgehead atoms. The number of rotatable bonds is 3. The van der Waals surface area contributed by atoms with Gasteiger partial charge in [-0.05, 0) is 0 Å². The fourth-order valence-electron chi connectivity index (χ4n) is 0.511. The molecule has 0 amide bonds. The third kappa shape index (κ3) is 4.84. The molecule has 0 aliphatic carbocycles. The zero-order valence-electron chi connectivity index (χ0n) is 6.51. The van der Waals surface area contributed by atoms with Crippen molar-refractivity contribution < 1.29 is 27.4 Å². The van der Waals surface area contributed by atoms with Crippen molar-refractivity contribution in [2.45, 2.75) is 13.8 Å². The van der Waals surface area contributed by atoms with Gasteiger partial charge in [0.1, 0.15) is 0 Å². The van der Waals surface area contributed by atoms with Crippen molar-refractivity contribution in [1.29, 1.82) is 0 Å². The zero-order chi connectivity index (χ0) is 9.78. The number of allylic oxidation sites excluding steroid dienone is 3. The van der Waals surface area contributed by atoms with Gasteiger partial charge >= 0.3 is 94.3 Å². The van der Waals surface area contributed by atoms with Crippen LogP contribution in [-0.4, -0.2) is 8.42 Å². The van der Waals surface area contributed by atoms with Crippen LogP contribution in [0, 0.1) is 0 Å². The molecule has 72 valence electrons. The second kappa shape index (κ2) is 5.62. The third-order valence-electron chi connectivity index (χ3n) is 1.02. The second-order valence-electron chi connectivity index (χ2n) is 1.93. The van der Waals surface area contributed by atoms with Gasteiger partial charge in [0.05, 0.1) is 0 Å². The molecule has 0 radical (unpaired) electrons. The molecule has 0 fully saturated rings. The average molecular weight is 386 g/mol. The van der Waals surface area contributed by atoms with Gasteiger partial charge in [0.25, 0.3) is 0 Å². The van der Waals surface area contributed by atoms with E-state index in [9.17, 15) is 8.42 Å². The van der Waals surface area contributed by atoms with Gasteiger partial charge in [0.2, 0.25) is 0 Å². The Hall–Kier alpha value is 0.930. The summed E-state index contributed by atoms with van der Waals surface area (Å²) in [6, 6.07) is 0. The molecule has 0 aromatic carbocycles. The second-order valence-corrected chi connectivity index (χ2v) is 8.62. The first-order chi connectivity index (χ1) is 5.41. The molecule has 0 heterocycles. The maximum atomic E-state index is 10.9. The van der Waals surface area contributed by atoms with Gasteiger partial charge in [-0.25, -0.2) is 0 Å². The van der Waals surface area contributed by atoms with E-state index in [-0.39, 0.29) is 23.9 Å². The molecule has 0 aliphatic rings. The topological polar surface area (TPSA) is 34.1 Å². The Kier molecular flexibility index (Phi) is 6.05. The molecular weight excluding hydrogens is 378 g/mol. The predicted molar refractivity (Wildman–Crippen MR) is 51.2 cm³/mol. The molecular formula is C6H8BrClIO2S-. The van der Waals surface area contributed by atoms with Crippen molar-refractivity contribution in [3.8, 4) is 0 Å². The SMILES string of the molecule is C/C=C(\C=C(/C)[I-]Br)S(=O)(=O)Cl. The normalized spacial score (nSPS) is 15.3. The summed E-state index contributed by atoms with van der Waals surface area (Å²) in [6.45, 7) is 3.51. The van der Waals surface area contributed by atoms with Gasteiger partial charge in [-0.2, -0.15) is 0 Å². The molecule has 12 heavy (non-hydrogen) atoms. The van der Waals surface area contributed by atoms with E-state index < -0.39 is 9.05 Å². The molecule has 0 spiro atoms. The quantitative estimate of drug-likeness (QED) is 0.381. The van der Waals surface area contributed by atoms with Crippen LogP contribution in [0.15, 0.2) is 20.6 Å². The fraction of sp³-hybridized carbons (Fsp3) is 0.333. The molecule has 0 atom stereocenters. The molecule has 0 unspecified atom stereocenters. The van der Waals surface area contributed by atoms with Crippen molar-refractivity contribution >= 4 is 32.4 Å². The van der Waals surface area contributed by atoms with Gasteiger partial charge in [0.15, 0.2) is 0 Å². The van der Waals surface area contributed by atoms with Gasteiger partial charge in [-0.3, -0.25) is 0 Å². The van der Waals surface area contributed by atoms with E-state index in [4.69, 9.17) is 10.7 Å². The molecule has 0 saturated heterocycles. The predicted octanol–water partition coefficient (Wildman–Crippen LogP) is -0.238. The first-order valence-electron chi connectivity index (χ1n) is 2.97. The van der Waals surface area contributed by atoms with E-state index in [0.717, 1.165) is 3.58 Å². The monoisotopic (exact) mass is 385 g/mol. The van der Waals surface area contributed by atoms with Crippen molar-refractivity contribution in [3.05, 3.63) is 20.6 Å². The molecule has 6 heteroatoms. The van der Waals surface area contributed by atoms with E-state index in [1.165, 1.54) is 6.08 Å². The Balaban J connectivity index is 4.89. The first-order valence-corrected chi connectivity index (χ1v) is 11.2. The number of hydrogen-bond donors (Lipinski definition) is 0. The van der Waals surface area contributed by atoms with Gasteiger partial charge in [-0.15, -0.1) is 0 Å². The zero-order valence-corrected chi connectivity index (χ0v) is 11.8. The Bertz CT molecular complexity index is 308. The molecule has 0 aromatic rings. The Morgan fingerprint density at radius 2 is 2.08 bits per heavy atom. The molecule has 0 rings (SSSR count). The van der Waals surface area contributed by atoms with Crippen LogP contribution in [0.3, 0.4) is 0 Å². The fourth-order valence-corrected chi connectivity index (χ4v) is 2.76. The Morgan fingerprint density at radius 1 is 1.58 bits per heavy atom. The van der Waals surface area contributed by atoms with Gasteiger partial charge < -0.3 is 0 Å². The number of halogens is 3. The van der Waals surface area contributed by atoms with Crippen LogP contribution in [0.5, 0.6) is 0 Å². The van der Waals surface area contributed by atoms with Crippen LogP contribution in [0.1, 0.15) is 13.8 Å². The third-order valence-corrected chi connectivity index (χ3v) is 6.60. The Labute approximate surface area is 93.5 Å². The van der Waals surface area contributed by atoms with Crippen LogP contribution in [-0.2, 0) is 9.05 Å². The van der Waals surface area contributed by atoms with E-state index in [1.807, 2.05) is 6.92 Å². The Morgan fingerprint density at radius 3 is 2.33 bits per heavy atom. The van der Waals surface area contributed by atoms with Crippen LogP contribution in [0.2, 0.25) is 0 Å². The summed E-state index contributed by atoms with van der Waals surface area (Å²) in [7, 11) is 1.59. The van der Waals surface area contributed by atoms with Gasteiger partial charge in [0, 0.05) is 0 Å². The van der Waals surface area contributed by atoms with E-state index in [0.29, 0.717) is 0 Å². The molecule has 0 aliphatic heterocycles. The standard InChI is InChI=1S/C6H8BrClIO2S/c1-3-6(12(8,10)11)4-5(2)9-7/h3-4H,1-2H3/q-1/b5-4+,6-3+. The summed E-state index contributed by atoms with van der Waals surface area (Å²) in [5, 5.41) is 0. The summed E-state index contributed by atoms with van der Waals surface area (Å²) in [5.74, 6) is 0. The van der Waals surface area contributed by atoms with Crippen molar-refractivity contribution in [2.24, 2.45) is 0 Å².